The lowest BCUT2D eigenvalue weighted by Crippen LogP contribution is -2.36. The standard InChI is InChI=1S/C15H27N3S/c1-5-8-17-9-6-12(7-10-17)18-13(15(2,3)4)11-16-14(18)19/h11-12H,5-10H2,1-4H3,(H,16,19). The van der Waals surface area contributed by atoms with Crippen molar-refractivity contribution >= 4 is 12.2 Å². The quantitative estimate of drug-likeness (QED) is 0.850. The highest BCUT2D eigenvalue weighted by atomic mass is 32.1. The van der Waals surface area contributed by atoms with Gasteiger partial charge in [0.2, 0.25) is 0 Å². The smallest absolute Gasteiger partial charge is 0.177 e. The maximum absolute atomic E-state index is 5.50. The first-order valence-corrected chi connectivity index (χ1v) is 7.87. The van der Waals surface area contributed by atoms with E-state index in [1.54, 1.807) is 0 Å². The van der Waals surface area contributed by atoms with Gasteiger partial charge in [-0.25, -0.2) is 0 Å². The van der Waals surface area contributed by atoms with Crippen molar-refractivity contribution in [2.75, 3.05) is 19.6 Å². The van der Waals surface area contributed by atoms with Gasteiger partial charge in [-0.1, -0.05) is 27.7 Å². The summed E-state index contributed by atoms with van der Waals surface area (Å²) < 4.78 is 3.26. The molecule has 1 aliphatic heterocycles. The minimum atomic E-state index is 0.147. The molecule has 19 heavy (non-hydrogen) atoms. The molecule has 0 radical (unpaired) electrons. The molecule has 4 heteroatoms. The van der Waals surface area contributed by atoms with Crippen LogP contribution in [0.3, 0.4) is 0 Å². The van der Waals surface area contributed by atoms with E-state index in [1.807, 2.05) is 0 Å². The predicted octanol–water partition coefficient (Wildman–Crippen LogP) is 3.89. The van der Waals surface area contributed by atoms with Crippen molar-refractivity contribution in [2.45, 2.75) is 58.4 Å². The van der Waals surface area contributed by atoms with Gasteiger partial charge in [-0.2, -0.15) is 0 Å². The van der Waals surface area contributed by atoms with Gasteiger partial charge in [0.15, 0.2) is 4.77 Å². The highest BCUT2D eigenvalue weighted by Gasteiger charge is 2.26. The number of aromatic nitrogens is 2. The third kappa shape index (κ3) is 3.29. The van der Waals surface area contributed by atoms with E-state index in [2.05, 4.69) is 48.3 Å². The fourth-order valence-corrected chi connectivity index (χ4v) is 3.34. The first kappa shape index (κ1) is 14.8. The van der Waals surface area contributed by atoms with Crippen LogP contribution >= 0.6 is 12.2 Å². The lowest BCUT2D eigenvalue weighted by molar-refractivity contribution is 0.182. The van der Waals surface area contributed by atoms with E-state index in [0.717, 1.165) is 4.77 Å². The van der Waals surface area contributed by atoms with Crippen LogP contribution in [0, 0.1) is 4.77 Å². The first-order valence-electron chi connectivity index (χ1n) is 7.46. The van der Waals surface area contributed by atoms with Gasteiger partial charge in [0.25, 0.3) is 0 Å². The Morgan fingerprint density at radius 1 is 1.32 bits per heavy atom. The second-order valence-corrected chi connectivity index (χ2v) is 7.06. The van der Waals surface area contributed by atoms with E-state index in [0.29, 0.717) is 6.04 Å². The van der Waals surface area contributed by atoms with Gasteiger partial charge in [-0.3, -0.25) is 0 Å². The molecule has 0 spiro atoms. The molecule has 1 fully saturated rings. The number of piperidine rings is 1. The normalized spacial score (nSPS) is 18.9. The third-order valence-corrected chi connectivity index (χ3v) is 4.36. The van der Waals surface area contributed by atoms with Crippen molar-refractivity contribution in [1.82, 2.24) is 14.5 Å². The second kappa shape index (κ2) is 5.80. The number of H-pyrrole nitrogens is 1. The Bertz CT molecular complexity index is 458. The van der Waals surface area contributed by atoms with E-state index in [4.69, 9.17) is 12.2 Å². The fourth-order valence-electron chi connectivity index (χ4n) is 3.04. The minimum Gasteiger partial charge on any atom is -0.337 e. The molecule has 0 saturated carbocycles. The molecule has 0 unspecified atom stereocenters. The number of hydrogen-bond donors (Lipinski definition) is 1. The van der Waals surface area contributed by atoms with Gasteiger partial charge in [-0.05, 0) is 38.0 Å². The van der Waals surface area contributed by atoms with Crippen LogP contribution in [-0.2, 0) is 5.41 Å². The summed E-state index contributed by atoms with van der Waals surface area (Å²) in [6, 6.07) is 0.570. The molecule has 3 nitrogen and oxygen atoms in total. The SMILES string of the molecule is CCCN1CCC(n2c(C(C)(C)C)c[nH]c2=S)CC1. The van der Waals surface area contributed by atoms with Crippen LogP contribution in [0.5, 0.6) is 0 Å². The number of hydrogen-bond acceptors (Lipinski definition) is 2. The highest BCUT2D eigenvalue weighted by molar-refractivity contribution is 7.71. The predicted molar refractivity (Wildman–Crippen MR) is 83.3 cm³/mol. The van der Waals surface area contributed by atoms with Crippen LogP contribution in [-0.4, -0.2) is 34.1 Å². The molecule has 1 aromatic heterocycles. The zero-order valence-corrected chi connectivity index (χ0v) is 13.5. The third-order valence-electron chi connectivity index (χ3n) is 4.04. The summed E-state index contributed by atoms with van der Waals surface area (Å²) in [5, 5.41) is 0. The lowest BCUT2D eigenvalue weighted by Gasteiger charge is -2.34. The molecular weight excluding hydrogens is 254 g/mol. The Balaban J connectivity index is 2.16. The van der Waals surface area contributed by atoms with Gasteiger partial charge in [0, 0.05) is 36.4 Å². The summed E-state index contributed by atoms with van der Waals surface area (Å²) in [4.78, 5) is 5.81. The van der Waals surface area contributed by atoms with E-state index >= 15 is 0 Å². The molecule has 0 atom stereocenters. The molecule has 1 aliphatic rings. The zero-order valence-electron chi connectivity index (χ0n) is 12.7. The Kier molecular flexibility index (Phi) is 4.51. The van der Waals surface area contributed by atoms with Gasteiger partial charge in [0.05, 0.1) is 0 Å². The van der Waals surface area contributed by atoms with Crippen molar-refractivity contribution in [3.8, 4) is 0 Å². The maximum Gasteiger partial charge on any atom is 0.177 e. The molecule has 0 aliphatic carbocycles. The fraction of sp³-hybridized carbons (Fsp3) is 0.800. The van der Waals surface area contributed by atoms with Crippen molar-refractivity contribution < 1.29 is 0 Å². The summed E-state index contributed by atoms with van der Waals surface area (Å²) in [6.07, 6.45) is 5.78. The van der Waals surface area contributed by atoms with Crippen molar-refractivity contribution in [1.29, 1.82) is 0 Å². The number of nitrogens with one attached hydrogen (secondary N) is 1. The van der Waals surface area contributed by atoms with Crippen LogP contribution in [0.15, 0.2) is 6.20 Å². The molecule has 0 aromatic carbocycles. The molecule has 1 saturated heterocycles. The summed E-state index contributed by atoms with van der Waals surface area (Å²) >= 11 is 5.50. The van der Waals surface area contributed by atoms with Crippen molar-refractivity contribution in [2.24, 2.45) is 0 Å². The average Bonchev–Trinajstić information content (AvgIpc) is 2.72. The number of rotatable bonds is 3. The van der Waals surface area contributed by atoms with E-state index < -0.39 is 0 Å². The summed E-state index contributed by atoms with van der Waals surface area (Å²) in [6.45, 7) is 12.7. The second-order valence-electron chi connectivity index (χ2n) is 6.67. The van der Waals surface area contributed by atoms with E-state index in [-0.39, 0.29) is 5.41 Å². The molecule has 1 aromatic rings. The summed E-state index contributed by atoms with van der Waals surface area (Å²) in [5.41, 5.74) is 1.49. The Labute approximate surface area is 122 Å². The largest absolute Gasteiger partial charge is 0.337 e. The van der Waals surface area contributed by atoms with E-state index in [9.17, 15) is 0 Å². The Hall–Kier alpha value is -0.610. The number of imidazole rings is 1. The van der Waals surface area contributed by atoms with E-state index in [1.165, 1.54) is 44.6 Å². The zero-order chi connectivity index (χ0) is 14.0. The van der Waals surface area contributed by atoms with Crippen LogP contribution in [0.4, 0.5) is 0 Å². The molecule has 2 rings (SSSR count). The number of likely N-dealkylation sites (tertiary alicyclic amines) is 1. The Morgan fingerprint density at radius 2 is 1.95 bits per heavy atom. The van der Waals surface area contributed by atoms with Gasteiger partial charge < -0.3 is 14.5 Å². The van der Waals surface area contributed by atoms with Gasteiger partial charge in [0.1, 0.15) is 0 Å². The van der Waals surface area contributed by atoms with Crippen LogP contribution < -0.4 is 0 Å². The first-order chi connectivity index (χ1) is 8.93. The monoisotopic (exact) mass is 281 g/mol. The molecule has 0 amide bonds. The summed E-state index contributed by atoms with van der Waals surface area (Å²) in [5.74, 6) is 0. The highest BCUT2D eigenvalue weighted by Crippen LogP contribution is 2.30. The summed E-state index contributed by atoms with van der Waals surface area (Å²) in [7, 11) is 0. The van der Waals surface area contributed by atoms with Gasteiger partial charge in [-0.15, -0.1) is 0 Å². The average molecular weight is 281 g/mol. The topological polar surface area (TPSA) is 24.0 Å². The van der Waals surface area contributed by atoms with Crippen LogP contribution in [0.25, 0.3) is 0 Å². The maximum atomic E-state index is 5.50. The molecule has 2 heterocycles. The Morgan fingerprint density at radius 3 is 2.47 bits per heavy atom. The lowest BCUT2D eigenvalue weighted by atomic mass is 9.91. The molecule has 0 bridgehead atoms. The van der Waals surface area contributed by atoms with Crippen LogP contribution in [0.2, 0.25) is 0 Å². The molecule has 108 valence electrons. The van der Waals surface area contributed by atoms with Crippen molar-refractivity contribution in [3.63, 3.8) is 0 Å². The minimum absolute atomic E-state index is 0.147. The number of aromatic amines is 1. The van der Waals surface area contributed by atoms with Crippen molar-refractivity contribution in [3.05, 3.63) is 16.7 Å². The number of nitrogens with zero attached hydrogens (tertiary/aromatic N) is 2. The van der Waals surface area contributed by atoms with Gasteiger partial charge >= 0.3 is 0 Å². The molecular formula is C15H27N3S. The van der Waals surface area contributed by atoms with Crippen LogP contribution in [0.1, 0.15) is 58.7 Å². The molecule has 1 N–H and O–H groups in total.